The summed E-state index contributed by atoms with van der Waals surface area (Å²) in [4.78, 5) is 110. The zero-order chi connectivity index (χ0) is 85.9. The van der Waals surface area contributed by atoms with Crippen LogP contribution in [0, 0.1) is 17.8 Å². The van der Waals surface area contributed by atoms with Crippen LogP contribution >= 0.6 is 0 Å². The average Bonchev–Trinajstić information content (AvgIpc) is 0.830. The molecule has 31 nitrogen and oxygen atoms in total. The number of nitrogens with zero attached hydrogens (tertiary/aromatic N) is 3. The number of carbonyl (C=O) groups is 9. The number of para-hydroxylation sites is 9. The smallest absolute Gasteiger partial charge is 0.518 e. The van der Waals surface area contributed by atoms with Gasteiger partial charge in [0.2, 0.25) is 0 Å². The van der Waals surface area contributed by atoms with Crippen molar-refractivity contribution in [2.75, 3.05) is 49.5 Å². The summed E-state index contributed by atoms with van der Waals surface area (Å²) in [6, 6.07) is 56.8. The standard InChI is InChI=1S/C24H20O6.C17H16O4.C10H12O2.3C8H8O3.2C4H11N5.2CH4.4Y/c1-15(2)22(26)17-10-4-7-13-20(17)29-24(28)18-11-5-8-14-21(18)30-23(27)16-9-3-6-12-19(16)25;1-11(2)16(19)13-8-4-6-10-15(13)21-17(20)12-7-3-5-9-14(12)18;1-7(2)10(12)8-5-3-4-6-9(8)11;3*1-11-7-5-3-2-4-6(7)8(9)10;2*1-9(2)4(7)8-3(5)6;;;;;;/h3-15,25H,1-2H3;3-11,18H,1-2H3;3-7,11H,1-2H3;3*2-5H,1H3,(H,9,10);2*1-2H3,(H5,5,6,7,8);2*1H4;;;;. The molecule has 120 heavy (non-hydrogen) atoms. The molecule has 0 spiro atoms. The van der Waals surface area contributed by atoms with E-state index >= 15 is 0 Å². The number of carboxylic acids is 3. The fourth-order valence-corrected chi connectivity index (χ4v) is 8.55. The van der Waals surface area contributed by atoms with Gasteiger partial charge in [0.05, 0.1) is 70.0 Å². The van der Waals surface area contributed by atoms with E-state index in [9.17, 15) is 73.8 Å². The number of benzene rings is 9. The molecule has 9 aromatic carbocycles. The number of rotatable bonds is 18. The van der Waals surface area contributed by atoms with Crippen LogP contribution in [0.25, 0.3) is 0 Å². The van der Waals surface area contributed by atoms with Crippen LogP contribution in [0.5, 0.6) is 51.7 Å². The van der Waals surface area contributed by atoms with E-state index in [2.05, 4.69) is 9.98 Å². The molecule has 0 amide bonds. The minimum absolute atomic E-state index is 0. The van der Waals surface area contributed by atoms with Crippen LogP contribution in [0.4, 0.5) is 0 Å². The van der Waals surface area contributed by atoms with E-state index in [0.717, 1.165) is 0 Å². The predicted octanol–water partition coefficient (Wildman–Crippen LogP) is 5.56. The van der Waals surface area contributed by atoms with Crippen LogP contribution in [-0.4, -0.2) is 151 Å². The molecule has 16 N–H and O–H groups in total. The van der Waals surface area contributed by atoms with Crippen LogP contribution < -0.4 is 83.1 Å². The van der Waals surface area contributed by atoms with Crippen LogP contribution in [0.3, 0.4) is 0 Å². The van der Waals surface area contributed by atoms with Crippen molar-refractivity contribution in [2.24, 2.45) is 57.1 Å². The normalized spacial score (nSPS) is 9.23. The largest absolute Gasteiger partial charge is 0.545 e. The number of nitrogens with two attached hydrogens (primary N) is 6. The maximum atomic E-state index is 12.8. The molecule has 630 valence electrons. The SMILES string of the molecule is C.C.CC(C)C(=O)c1ccccc1O.CC(C)C(=O)c1ccccc1OC(=O)c1ccccc1O.CC(C)C(=O)c1ccccc1OC(=O)c1ccccc1OC(=O)c1ccccc1O.COc1ccccc1C(=O)[O-].COc1ccccc1C(=O)[O-].COc1ccccc1C(=O)[O-].C[N+](C)=C(N)N=C(N)N.C[N+](C)=C(N)[NH+]=C(N)N.[Y].[Y].[Y].[Y]. The van der Waals surface area contributed by atoms with Gasteiger partial charge in [0.1, 0.15) is 82.5 Å². The molecule has 0 aliphatic rings. The molecule has 9 aromatic rings. The van der Waals surface area contributed by atoms with E-state index in [4.69, 9.17) is 62.8 Å². The second-order valence-electron chi connectivity index (χ2n) is 24.4. The first-order chi connectivity index (χ1) is 53.8. The number of carboxylic acid groups (broad SMARTS) is 3. The first kappa shape index (κ1) is 118. The molecule has 0 fully saturated rings. The molecule has 0 unspecified atom stereocenters. The van der Waals surface area contributed by atoms with Crippen LogP contribution in [-0.2, 0) is 131 Å². The number of phenolic OH excluding ortho intramolecular Hbond substituents is 3. The van der Waals surface area contributed by atoms with E-state index in [1.165, 1.54) is 88.1 Å². The topological polar surface area (TPSA) is 527 Å². The summed E-state index contributed by atoms with van der Waals surface area (Å²) in [5.74, 6) is -5.01. The number of aliphatic imine (C=N–C) groups is 1. The van der Waals surface area contributed by atoms with Crippen LogP contribution in [0.1, 0.15) is 150 Å². The Labute approximate surface area is 799 Å². The quantitative estimate of drug-likeness (QED) is 0.0125. The van der Waals surface area contributed by atoms with Gasteiger partial charge in [0.25, 0.3) is 11.9 Å². The van der Waals surface area contributed by atoms with Gasteiger partial charge in [-0.3, -0.25) is 24.7 Å². The van der Waals surface area contributed by atoms with E-state index in [-0.39, 0.29) is 261 Å². The number of carbonyl (C=O) groups excluding carboxylic acids is 9. The number of Topliss-reactive ketones (excluding diaryl/α,β-unsaturated/α-hetero) is 3. The molecule has 35 heteroatoms. The second-order valence-corrected chi connectivity index (χ2v) is 24.4. The molecule has 0 heterocycles. The fourth-order valence-electron chi connectivity index (χ4n) is 8.55. The number of phenols is 3. The Kier molecular flexibility index (Phi) is 61.6. The monoisotopic (exact) mass is 1950 g/mol. The summed E-state index contributed by atoms with van der Waals surface area (Å²) in [7, 11) is 11.3. The molecule has 0 aromatic heterocycles. The number of aromatic hydroxyl groups is 3. The van der Waals surface area contributed by atoms with Crippen molar-refractivity contribution in [1.29, 1.82) is 0 Å². The molecular weight excluding hydrogens is 1850 g/mol. The van der Waals surface area contributed by atoms with Crippen LogP contribution in [0.15, 0.2) is 223 Å². The van der Waals surface area contributed by atoms with Gasteiger partial charge in [0, 0.05) is 165 Å². The van der Waals surface area contributed by atoms with E-state index in [1.54, 1.807) is 217 Å². The first-order valence-corrected chi connectivity index (χ1v) is 34.1. The average molecular weight is 1960 g/mol. The molecule has 0 aliphatic carbocycles. The predicted molar refractivity (Wildman–Crippen MR) is 434 cm³/mol. The molecule has 0 aliphatic heterocycles. The molecule has 9 rings (SSSR count). The third-order valence-corrected chi connectivity index (χ3v) is 14.4. The number of guanidine groups is 4. The van der Waals surface area contributed by atoms with Gasteiger partial charge >= 0.3 is 29.8 Å². The molecule has 0 saturated heterocycles. The maximum Gasteiger partial charge on any atom is 0.518 e. The summed E-state index contributed by atoms with van der Waals surface area (Å²) in [6.45, 7) is 10.7. The third-order valence-electron chi connectivity index (χ3n) is 14.4. The minimum atomic E-state index is -1.22. The second kappa shape index (κ2) is 62.6. The number of ketones is 3. The van der Waals surface area contributed by atoms with Gasteiger partial charge < -0.3 is 96.4 Å². The number of aromatic carboxylic acids is 3. The molecule has 0 saturated carbocycles. The Morgan fingerprint density at radius 3 is 0.758 bits per heavy atom. The Bertz CT molecular complexity index is 4740. The Morgan fingerprint density at radius 2 is 0.550 bits per heavy atom. The molecule has 0 atom stereocenters. The number of hydrogen-bond donors (Lipinski definition) is 10. The zero-order valence-corrected chi connectivity index (χ0v) is 78.7. The third kappa shape index (κ3) is 41.9. The van der Waals surface area contributed by atoms with Crippen molar-refractivity contribution in [3.63, 3.8) is 0 Å². The van der Waals surface area contributed by atoms with Crippen molar-refractivity contribution in [3.8, 4) is 51.7 Å². The van der Waals surface area contributed by atoms with Crippen molar-refractivity contribution in [1.82, 2.24) is 0 Å². The van der Waals surface area contributed by atoms with E-state index < -0.39 is 35.8 Å². The van der Waals surface area contributed by atoms with E-state index in [1.807, 2.05) is 13.8 Å². The van der Waals surface area contributed by atoms with Gasteiger partial charge in [-0.2, -0.15) is 4.58 Å². The van der Waals surface area contributed by atoms with Gasteiger partial charge in [-0.05, 0) is 114 Å². The summed E-state index contributed by atoms with van der Waals surface area (Å²) < 4.78 is 33.7. The zero-order valence-electron chi connectivity index (χ0n) is 67.3. The number of esters is 3. The van der Waals surface area contributed by atoms with Gasteiger partial charge in [-0.15, -0.1) is 4.99 Å². The molecular formula is C85H102N10O21Y4. The fraction of sp³-hybridized carbons (Fsp3) is 0.212. The Hall–Kier alpha value is -10.5. The first-order valence-electron chi connectivity index (χ1n) is 34.1. The summed E-state index contributed by atoms with van der Waals surface area (Å²) >= 11 is 0. The summed E-state index contributed by atoms with van der Waals surface area (Å²) in [5, 5.41) is 60.0. The summed E-state index contributed by atoms with van der Waals surface area (Å²) in [6.07, 6.45) is 0. The van der Waals surface area contributed by atoms with Crippen molar-refractivity contribution in [3.05, 3.63) is 268 Å². The Morgan fingerprint density at radius 1 is 0.333 bits per heavy atom. The maximum absolute atomic E-state index is 12.8. The summed E-state index contributed by atoms with van der Waals surface area (Å²) in [5.41, 5.74) is 32.2. The van der Waals surface area contributed by atoms with Crippen molar-refractivity contribution < 1.29 is 247 Å². The van der Waals surface area contributed by atoms with E-state index in [0.29, 0.717) is 45.9 Å². The number of ether oxygens (including phenoxy) is 6. The van der Waals surface area contributed by atoms with Gasteiger partial charge in [-0.1, -0.05) is 166 Å². The number of nitrogens with one attached hydrogen (secondary N) is 1. The van der Waals surface area contributed by atoms with Crippen molar-refractivity contribution >= 4 is 77.0 Å². The van der Waals surface area contributed by atoms with Gasteiger partial charge in [0.15, 0.2) is 17.3 Å². The van der Waals surface area contributed by atoms with Gasteiger partial charge in [-0.25, -0.2) is 20.1 Å². The minimum Gasteiger partial charge on any atom is -0.545 e. The van der Waals surface area contributed by atoms with Crippen molar-refractivity contribution in [2.45, 2.75) is 56.4 Å². The Balaban J connectivity index is -0.000000435. The molecule has 0 bridgehead atoms. The molecule has 4 radical (unpaired) electrons. The van der Waals surface area contributed by atoms with Crippen LogP contribution in [0.2, 0.25) is 0 Å². The number of methoxy groups -OCH3 is 3. The number of hydrogen-bond acceptors (Lipinski definition) is 21.